The summed E-state index contributed by atoms with van der Waals surface area (Å²) < 4.78 is 0. The van der Waals surface area contributed by atoms with Crippen LogP contribution in [0.1, 0.15) is 52.0 Å². The first-order valence-corrected chi connectivity index (χ1v) is 8.84. The highest BCUT2D eigenvalue weighted by Crippen LogP contribution is 2.26. The van der Waals surface area contributed by atoms with Crippen molar-refractivity contribution >= 4 is 5.91 Å². The Morgan fingerprint density at radius 3 is 2.48 bits per heavy atom. The van der Waals surface area contributed by atoms with Gasteiger partial charge >= 0.3 is 0 Å². The molecule has 4 heteroatoms. The van der Waals surface area contributed by atoms with Gasteiger partial charge in [-0.1, -0.05) is 43.2 Å². The van der Waals surface area contributed by atoms with E-state index >= 15 is 0 Å². The Morgan fingerprint density at radius 1 is 1.22 bits per heavy atom. The molecule has 0 saturated heterocycles. The molecule has 2 rings (SSSR count). The van der Waals surface area contributed by atoms with Crippen molar-refractivity contribution in [3.8, 4) is 0 Å². The lowest BCUT2D eigenvalue weighted by Gasteiger charge is -2.42. The fourth-order valence-electron chi connectivity index (χ4n) is 3.47. The summed E-state index contributed by atoms with van der Waals surface area (Å²) >= 11 is 0. The lowest BCUT2D eigenvalue weighted by Crippen LogP contribution is -2.56. The Kier molecular flexibility index (Phi) is 6.60. The second-order valence-corrected chi connectivity index (χ2v) is 7.01. The Bertz CT molecular complexity index is 487. The first kappa shape index (κ1) is 18.0. The van der Waals surface area contributed by atoms with Crippen LogP contribution >= 0.6 is 0 Å². The molecule has 4 nitrogen and oxygen atoms in total. The van der Waals surface area contributed by atoms with Crippen molar-refractivity contribution in [2.24, 2.45) is 5.73 Å². The van der Waals surface area contributed by atoms with Crippen LogP contribution in [0.2, 0.25) is 0 Å². The lowest BCUT2D eigenvalue weighted by atomic mass is 9.88. The molecule has 0 aromatic heterocycles. The molecule has 0 aliphatic heterocycles. The molecule has 1 aliphatic carbocycles. The van der Waals surface area contributed by atoms with E-state index in [1.165, 1.54) is 18.4 Å². The predicted octanol–water partition coefficient (Wildman–Crippen LogP) is 2.67. The molecular weight excluding hydrogens is 286 g/mol. The summed E-state index contributed by atoms with van der Waals surface area (Å²) in [6.45, 7) is 7.15. The quantitative estimate of drug-likeness (QED) is 0.848. The van der Waals surface area contributed by atoms with Crippen LogP contribution < -0.4 is 11.1 Å². The molecule has 3 unspecified atom stereocenters. The zero-order valence-electron chi connectivity index (χ0n) is 14.7. The van der Waals surface area contributed by atoms with Crippen molar-refractivity contribution in [1.82, 2.24) is 10.2 Å². The highest BCUT2D eigenvalue weighted by molar-refractivity contribution is 5.81. The van der Waals surface area contributed by atoms with Crippen LogP contribution in [0.3, 0.4) is 0 Å². The largest absolute Gasteiger partial charge is 0.350 e. The van der Waals surface area contributed by atoms with Crippen molar-refractivity contribution < 1.29 is 4.79 Å². The highest BCUT2D eigenvalue weighted by atomic mass is 16.2. The minimum absolute atomic E-state index is 0.0367. The highest BCUT2D eigenvalue weighted by Gasteiger charge is 2.32. The van der Waals surface area contributed by atoms with Crippen LogP contribution in [-0.2, 0) is 11.3 Å². The topological polar surface area (TPSA) is 58.4 Å². The molecule has 3 atom stereocenters. The first-order valence-electron chi connectivity index (χ1n) is 8.84. The maximum absolute atomic E-state index is 12.1. The third-order valence-electron chi connectivity index (χ3n) is 4.77. The van der Waals surface area contributed by atoms with Gasteiger partial charge in [-0.25, -0.2) is 0 Å². The molecule has 1 aromatic rings. The summed E-state index contributed by atoms with van der Waals surface area (Å²) in [5.74, 6) is -0.0367. The van der Waals surface area contributed by atoms with Crippen LogP contribution in [0.25, 0.3) is 0 Å². The second kappa shape index (κ2) is 8.46. The van der Waals surface area contributed by atoms with E-state index in [-0.39, 0.29) is 11.9 Å². The van der Waals surface area contributed by atoms with Crippen LogP contribution in [0, 0.1) is 0 Å². The summed E-state index contributed by atoms with van der Waals surface area (Å²) in [7, 11) is 0. The Balaban J connectivity index is 2.12. The second-order valence-electron chi connectivity index (χ2n) is 7.01. The molecule has 23 heavy (non-hydrogen) atoms. The molecule has 1 amide bonds. The molecule has 0 spiro atoms. The van der Waals surface area contributed by atoms with Crippen molar-refractivity contribution in [1.29, 1.82) is 0 Å². The number of hydrogen-bond donors (Lipinski definition) is 2. The van der Waals surface area contributed by atoms with Gasteiger partial charge < -0.3 is 11.1 Å². The first-order chi connectivity index (χ1) is 11.0. The molecule has 128 valence electrons. The van der Waals surface area contributed by atoms with Gasteiger partial charge in [0.25, 0.3) is 0 Å². The molecule has 1 aliphatic rings. The average molecular weight is 317 g/mol. The standard InChI is InChI=1S/C19H31N3O/c1-14(2)22(13-16-9-5-4-6-10-16)18-12-8-7-11-17(18)21-19(23)15(3)20/h4-6,9-10,14-15,17-18H,7-8,11-13,20H2,1-3H3,(H,21,23). The molecular formula is C19H31N3O. The van der Waals surface area contributed by atoms with E-state index < -0.39 is 6.04 Å². The normalized spacial score (nSPS) is 23.0. The number of nitrogens with one attached hydrogen (secondary N) is 1. The van der Waals surface area contributed by atoms with Gasteiger partial charge in [-0.2, -0.15) is 0 Å². The van der Waals surface area contributed by atoms with Crippen molar-refractivity contribution in [3.63, 3.8) is 0 Å². The molecule has 1 fully saturated rings. The van der Waals surface area contributed by atoms with Gasteiger partial charge in [0.2, 0.25) is 5.91 Å². The van der Waals surface area contributed by atoms with E-state index in [9.17, 15) is 4.79 Å². The summed E-state index contributed by atoms with van der Waals surface area (Å²) in [6, 6.07) is 11.2. The van der Waals surface area contributed by atoms with Crippen LogP contribution in [0.15, 0.2) is 30.3 Å². The van der Waals surface area contributed by atoms with Gasteiger partial charge in [-0.3, -0.25) is 9.69 Å². The van der Waals surface area contributed by atoms with Gasteiger partial charge in [-0.05, 0) is 39.2 Å². The maximum Gasteiger partial charge on any atom is 0.236 e. The van der Waals surface area contributed by atoms with E-state index in [1.54, 1.807) is 6.92 Å². The van der Waals surface area contributed by atoms with Crippen molar-refractivity contribution in [3.05, 3.63) is 35.9 Å². The maximum atomic E-state index is 12.1. The minimum Gasteiger partial charge on any atom is -0.350 e. The number of rotatable bonds is 6. The van der Waals surface area contributed by atoms with Gasteiger partial charge in [0.05, 0.1) is 6.04 Å². The minimum atomic E-state index is -0.445. The number of carbonyl (C=O) groups excluding carboxylic acids is 1. The van der Waals surface area contributed by atoms with Gasteiger partial charge in [0, 0.05) is 24.7 Å². The van der Waals surface area contributed by atoms with E-state index in [0.29, 0.717) is 12.1 Å². The molecule has 1 saturated carbocycles. The lowest BCUT2D eigenvalue weighted by molar-refractivity contribution is -0.123. The Labute approximate surface area is 140 Å². The number of benzene rings is 1. The molecule has 0 radical (unpaired) electrons. The van der Waals surface area contributed by atoms with Crippen molar-refractivity contribution in [2.75, 3.05) is 0 Å². The number of amides is 1. The fraction of sp³-hybridized carbons (Fsp3) is 0.632. The number of hydrogen-bond acceptors (Lipinski definition) is 3. The summed E-state index contributed by atoms with van der Waals surface area (Å²) in [5, 5.41) is 3.18. The fourth-order valence-corrected chi connectivity index (χ4v) is 3.47. The monoisotopic (exact) mass is 317 g/mol. The Morgan fingerprint density at radius 2 is 1.87 bits per heavy atom. The van der Waals surface area contributed by atoms with E-state index in [4.69, 9.17) is 5.73 Å². The van der Waals surface area contributed by atoms with Crippen molar-refractivity contribution in [2.45, 2.75) is 77.2 Å². The zero-order chi connectivity index (χ0) is 16.8. The number of carbonyl (C=O) groups is 1. The van der Waals surface area contributed by atoms with Crippen LogP contribution in [0.4, 0.5) is 0 Å². The third kappa shape index (κ3) is 5.05. The van der Waals surface area contributed by atoms with Crippen LogP contribution in [-0.4, -0.2) is 35.0 Å². The van der Waals surface area contributed by atoms with Crippen LogP contribution in [0.5, 0.6) is 0 Å². The molecule has 0 heterocycles. The third-order valence-corrected chi connectivity index (χ3v) is 4.77. The van der Waals surface area contributed by atoms with E-state index in [2.05, 4.69) is 54.4 Å². The van der Waals surface area contributed by atoms with Gasteiger partial charge in [-0.15, -0.1) is 0 Å². The van der Waals surface area contributed by atoms with Gasteiger partial charge in [0.15, 0.2) is 0 Å². The summed E-state index contributed by atoms with van der Waals surface area (Å²) in [4.78, 5) is 14.6. The predicted molar refractivity (Wildman–Crippen MR) is 95.0 cm³/mol. The van der Waals surface area contributed by atoms with E-state index in [1.807, 2.05) is 0 Å². The SMILES string of the molecule is CC(N)C(=O)NC1CCCCC1N(Cc1ccccc1)C(C)C. The summed E-state index contributed by atoms with van der Waals surface area (Å²) in [5.41, 5.74) is 7.06. The molecule has 1 aromatic carbocycles. The van der Waals surface area contributed by atoms with E-state index in [0.717, 1.165) is 19.4 Å². The molecule has 3 N–H and O–H groups in total. The van der Waals surface area contributed by atoms with Gasteiger partial charge in [0.1, 0.15) is 0 Å². The number of nitrogens with zero attached hydrogens (tertiary/aromatic N) is 1. The smallest absolute Gasteiger partial charge is 0.236 e. The zero-order valence-corrected chi connectivity index (χ0v) is 14.7. The summed E-state index contributed by atoms with van der Waals surface area (Å²) in [6.07, 6.45) is 4.58. The average Bonchev–Trinajstić information content (AvgIpc) is 2.54. The molecule has 0 bridgehead atoms. The number of nitrogens with two attached hydrogens (primary N) is 1. The Hall–Kier alpha value is -1.39.